The van der Waals surface area contributed by atoms with Gasteiger partial charge in [0.2, 0.25) is 11.8 Å². The van der Waals surface area contributed by atoms with Gasteiger partial charge in [-0.3, -0.25) is 9.59 Å². The number of aryl methyl sites for hydroxylation is 3. The molecule has 0 aliphatic heterocycles. The van der Waals surface area contributed by atoms with Crippen LogP contribution in [-0.2, 0) is 16.0 Å². The van der Waals surface area contributed by atoms with Gasteiger partial charge in [-0.1, -0.05) is 17.8 Å². The molecule has 0 atom stereocenters. The van der Waals surface area contributed by atoms with E-state index >= 15 is 0 Å². The minimum Gasteiger partial charge on any atom is -0.326 e. The molecule has 0 aliphatic rings. The SMILES string of the molecule is CSc1nc(C)c(CCC(=O)Nc2ccc(C)c(NC(C)=O)c2)c(C)n1. The molecule has 2 rings (SSSR count). The molecule has 138 valence electrons. The molecular formula is C19H24N4O2S. The van der Waals surface area contributed by atoms with Gasteiger partial charge in [0.15, 0.2) is 5.16 Å². The molecule has 0 radical (unpaired) electrons. The zero-order valence-electron chi connectivity index (χ0n) is 15.8. The largest absolute Gasteiger partial charge is 0.326 e. The predicted molar refractivity (Wildman–Crippen MR) is 106 cm³/mol. The van der Waals surface area contributed by atoms with Gasteiger partial charge in [0.05, 0.1) is 0 Å². The van der Waals surface area contributed by atoms with E-state index in [9.17, 15) is 9.59 Å². The molecular weight excluding hydrogens is 348 g/mol. The molecule has 1 aromatic heterocycles. The van der Waals surface area contributed by atoms with E-state index in [1.165, 1.54) is 18.7 Å². The Morgan fingerprint density at radius 1 is 1.08 bits per heavy atom. The Balaban J connectivity index is 2.03. The third-order valence-electron chi connectivity index (χ3n) is 4.02. The monoisotopic (exact) mass is 372 g/mol. The van der Waals surface area contributed by atoms with E-state index in [2.05, 4.69) is 20.6 Å². The number of thioether (sulfide) groups is 1. The van der Waals surface area contributed by atoms with Gasteiger partial charge >= 0.3 is 0 Å². The number of amides is 2. The quantitative estimate of drug-likeness (QED) is 0.597. The number of carbonyl (C=O) groups is 2. The minimum atomic E-state index is -0.142. The second-order valence-electron chi connectivity index (χ2n) is 6.12. The Hall–Kier alpha value is -2.41. The molecule has 0 unspecified atom stereocenters. The van der Waals surface area contributed by atoms with E-state index in [-0.39, 0.29) is 11.8 Å². The van der Waals surface area contributed by atoms with Crippen molar-refractivity contribution in [3.05, 3.63) is 40.7 Å². The Morgan fingerprint density at radius 3 is 2.31 bits per heavy atom. The third-order valence-corrected chi connectivity index (χ3v) is 4.56. The fourth-order valence-corrected chi connectivity index (χ4v) is 3.10. The van der Waals surface area contributed by atoms with Crippen molar-refractivity contribution in [2.75, 3.05) is 16.9 Å². The van der Waals surface area contributed by atoms with Crippen LogP contribution in [0, 0.1) is 20.8 Å². The number of nitrogens with zero attached hydrogens (tertiary/aromatic N) is 2. The van der Waals surface area contributed by atoms with Crippen LogP contribution < -0.4 is 10.6 Å². The van der Waals surface area contributed by atoms with Crippen LogP contribution in [0.3, 0.4) is 0 Å². The van der Waals surface area contributed by atoms with Crippen LogP contribution in [0.4, 0.5) is 11.4 Å². The summed E-state index contributed by atoms with van der Waals surface area (Å²) in [5, 5.41) is 6.39. The van der Waals surface area contributed by atoms with Crippen molar-refractivity contribution < 1.29 is 9.59 Å². The van der Waals surface area contributed by atoms with Gasteiger partial charge < -0.3 is 10.6 Å². The fraction of sp³-hybridized carbons (Fsp3) is 0.368. The average Bonchev–Trinajstić information content (AvgIpc) is 2.56. The summed E-state index contributed by atoms with van der Waals surface area (Å²) in [6.45, 7) is 7.25. The van der Waals surface area contributed by atoms with E-state index in [0.717, 1.165) is 27.7 Å². The van der Waals surface area contributed by atoms with Crippen molar-refractivity contribution in [3.8, 4) is 0 Å². The molecule has 1 aromatic carbocycles. The zero-order chi connectivity index (χ0) is 19.3. The molecule has 0 bridgehead atoms. The van der Waals surface area contributed by atoms with Gasteiger partial charge in [0.25, 0.3) is 0 Å². The van der Waals surface area contributed by atoms with E-state index in [1.807, 2.05) is 39.2 Å². The maximum Gasteiger partial charge on any atom is 0.224 e. The topological polar surface area (TPSA) is 84.0 Å². The zero-order valence-corrected chi connectivity index (χ0v) is 16.6. The minimum absolute atomic E-state index is 0.0876. The molecule has 1 heterocycles. The average molecular weight is 372 g/mol. The second-order valence-corrected chi connectivity index (χ2v) is 6.89. The first kappa shape index (κ1) is 19.9. The molecule has 0 saturated carbocycles. The highest BCUT2D eigenvalue weighted by molar-refractivity contribution is 7.98. The molecule has 0 spiro atoms. The lowest BCUT2D eigenvalue weighted by molar-refractivity contribution is -0.116. The summed E-state index contributed by atoms with van der Waals surface area (Å²) < 4.78 is 0. The number of benzene rings is 1. The Kier molecular flexibility index (Phi) is 6.74. The highest BCUT2D eigenvalue weighted by Gasteiger charge is 2.11. The van der Waals surface area contributed by atoms with Crippen LogP contribution in [0.5, 0.6) is 0 Å². The second kappa shape index (κ2) is 8.80. The summed E-state index contributed by atoms with van der Waals surface area (Å²) in [5.41, 5.74) is 5.14. The molecule has 2 N–H and O–H groups in total. The van der Waals surface area contributed by atoms with Gasteiger partial charge in [-0.25, -0.2) is 9.97 Å². The van der Waals surface area contributed by atoms with Gasteiger partial charge in [-0.15, -0.1) is 0 Å². The van der Waals surface area contributed by atoms with Gasteiger partial charge in [0, 0.05) is 36.1 Å². The summed E-state index contributed by atoms with van der Waals surface area (Å²) in [5.74, 6) is -0.230. The van der Waals surface area contributed by atoms with E-state index < -0.39 is 0 Å². The lowest BCUT2D eigenvalue weighted by Crippen LogP contribution is -2.14. The van der Waals surface area contributed by atoms with Gasteiger partial charge in [-0.2, -0.15) is 0 Å². The number of hydrogen-bond acceptors (Lipinski definition) is 5. The summed E-state index contributed by atoms with van der Waals surface area (Å²) in [6.07, 6.45) is 2.87. The van der Waals surface area contributed by atoms with Crippen LogP contribution in [0.15, 0.2) is 23.4 Å². The van der Waals surface area contributed by atoms with Crippen LogP contribution in [0.1, 0.15) is 35.9 Å². The lowest BCUT2D eigenvalue weighted by Gasteiger charge is -2.12. The standard InChI is InChI=1S/C19H24N4O2S/c1-11-6-7-15(10-17(11)22-14(4)24)23-18(25)9-8-16-12(2)20-19(26-5)21-13(16)3/h6-7,10H,8-9H2,1-5H3,(H,22,24)(H,23,25). The van der Waals surface area contributed by atoms with Gasteiger partial charge in [0.1, 0.15) is 0 Å². The van der Waals surface area contributed by atoms with Crippen molar-refractivity contribution in [2.24, 2.45) is 0 Å². The Bertz CT molecular complexity index is 813. The first-order valence-electron chi connectivity index (χ1n) is 8.36. The normalized spacial score (nSPS) is 10.5. The number of hydrogen-bond donors (Lipinski definition) is 2. The van der Waals surface area contributed by atoms with Crippen molar-refractivity contribution in [1.29, 1.82) is 0 Å². The number of anilines is 2. The first-order valence-corrected chi connectivity index (χ1v) is 9.58. The predicted octanol–water partition coefficient (Wildman–Crippen LogP) is 3.65. The Morgan fingerprint density at radius 2 is 1.73 bits per heavy atom. The smallest absolute Gasteiger partial charge is 0.224 e. The molecule has 2 amide bonds. The highest BCUT2D eigenvalue weighted by atomic mass is 32.2. The first-order chi connectivity index (χ1) is 12.3. The van der Waals surface area contributed by atoms with Crippen LogP contribution in [-0.4, -0.2) is 28.0 Å². The van der Waals surface area contributed by atoms with Crippen LogP contribution >= 0.6 is 11.8 Å². The molecule has 7 heteroatoms. The number of aromatic nitrogens is 2. The highest BCUT2D eigenvalue weighted by Crippen LogP contribution is 2.21. The van der Waals surface area contributed by atoms with Crippen molar-refractivity contribution in [3.63, 3.8) is 0 Å². The number of rotatable bonds is 6. The van der Waals surface area contributed by atoms with E-state index in [1.54, 1.807) is 6.07 Å². The summed E-state index contributed by atoms with van der Waals surface area (Å²) in [4.78, 5) is 32.4. The number of carbonyl (C=O) groups excluding carboxylic acids is 2. The van der Waals surface area contributed by atoms with Crippen LogP contribution in [0.2, 0.25) is 0 Å². The molecule has 0 fully saturated rings. The third kappa shape index (κ3) is 5.29. The van der Waals surface area contributed by atoms with E-state index in [4.69, 9.17) is 0 Å². The molecule has 26 heavy (non-hydrogen) atoms. The van der Waals surface area contributed by atoms with Crippen molar-refractivity contribution in [2.45, 2.75) is 45.7 Å². The summed E-state index contributed by atoms with van der Waals surface area (Å²) in [7, 11) is 0. The maximum absolute atomic E-state index is 12.3. The Labute approximate surface area is 158 Å². The van der Waals surface area contributed by atoms with E-state index in [0.29, 0.717) is 24.2 Å². The van der Waals surface area contributed by atoms with Crippen molar-refractivity contribution in [1.82, 2.24) is 9.97 Å². The molecule has 0 aliphatic carbocycles. The molecule has 0 saturated heterocycles. The van der Waals surface area contributed by atoms with Crippen molar-refractivity contribution >= 4 is 35.0 Å². The molecule has 6 nitrogen and oxygen atoms in total. The summed E-state index contributed by atoms with van der Waals surface area (Å²) in [6, 6.07) is 5.46. The molecule has 2 aromatic rings. The maximum atomic E-state index is 12.3. The lowest BCUT2D eigenvalue weighted by atomic mass is 10.1. The number of nitrogens with one attached hydrogen (secondary N) is 2. The van der Waals surface area contributed by atoms with Crippen LogP contribution in [0.25, 0.3) is 0 Å². The fourth-order valence-electron chi connectivity index (χ4n) is 2.65. The van der Waals surface area contributed by atoms with Gasteiger partial charge in [-0.05, 0) is 56.7 Å². The summed E-state index contributed by atoms with van der Waals surface area (Å²) >= 11 is 1.51.